The van der Waals surface area contributed by atoms with Gasteiger partial charge in [-0.25, -0.2) is 0 Å². The van der Waals surface area contributed by atoms with Crippen LogP contribution in [0.4, 0.5) is 0 Å². The number of benzene rings is 1. The van der Waals surface area contributed by atoms with Crippen molar-refractivity contribution in [1.82, 2.24) is 0 Å². The summed E-state index contributed by atoms with van der Waals surface area (Å²) in [6, 6.07) is 3.60. The molecule has 2 heteroatoms. The minimum absolute atomic E-state index is 0.291. The molecule has 0 unspecified atom stereocenters. The SMILES string of the molecule is Cc1ccc(O)c(C)c1C1(O)CCCCC1. The van der Waals surface area contributed by atoms with E-state index in [-0.39, 0.29) is 0 Å². The zero-order chi connectivity index (χ0) is 11.8. The van der Waals surface area contributed by atoms with Crippen molar-refractivity contribution in [3.63, 3.8) is 0 Å². The Balaban J connectivity index is 2.49. The predicted molar refractivity (Wildman–Crippen MR) is 64.6 cm³/mol. The number of hydrogen-bond donors (Lipinski definition) is 2. The van der Waals surface area contributed by atoms with Crippen molar-refractivity contribution in [3.8, 4) is 5.75 Å². The fourth-order valence-corrected chi connectivity index (χ4v) is 2.94. The van der Waals surface area contributed by atoms with Gasteiger partial charge in [-0.2, -0.15) is 0 Å². The largest absolute Gasteiger partial charge is 0.508 e. The molecule has 2 nitrogen and oxygen atoms in total. The third kappa shape index (κ3) is 1.82. The fourth-order valence-electron chi connectivity index (χ4n) is 2.94. The Kier molecular flexibility index (Phi) is 2.94. The Morgan fingerprint density at radius 2 is 1.69 bits per heavy atom. The van der Waals surface area contributed by atoms with Gasteiger partial charge in [0.25, 0.3) is 0 Å². The molecule has 0 saturated heterocycles. The lowest BCUT2D eigenvalue weighted by Crippen LogP contribution is -2.30. The number of hydrogen-bond acceptors (Lipinski definition) is 2. The molecule has 0 amide bonds. The summed E-state index contributed by atoms with van der Waals surface area (Å²) in [5.74, 6) is 0.291. The molecule has 2 N–H and O–H groups in total. The van der Waals surface area contributed by atoms with Gasteiger partial charge in [-0.1, -0.05) is 25.3 Å². The molecule has 88 valence electrons. The molecule has 0 spiro atoms. The van der Waals surface area contributed by atoms with Crippen molar-refractivity contribution in [1.29, 1.82) is 0 Å². The van der Waals surface area contributed by atoms with Crippen LogP contribution in [0.2, 0.25) is 0 Å². The van der Waals surface area contributed by atoms with Crippen molar-refractivity contribution in [2.45, 2.75) is 51.6 Å². The van der Waals surface area contributed by atoms with E-state index in [1.807, 2.05) is 19.9 Å². The van der Waals surface area contributed by atoms with Gasteiger partial charge in [0.1, 0.15) is 5.75 Å². The molecule has 2 rings (SSSR count). The van der Waals surface area contributed by atoms with E-state index in [0.717, 1.165) is 42.4 Å². The maximum absolute atomic E-state index is 10.7. The quantitative estimate of drug-likeness (QED) is 0.763. The highest BCUT2D eigenvalue weighted by Gasteiger charge is 2.34. The fraction of sp³-hybridized carbons (Fsp3) is 0.571. The molecule has 1 aromatic rings. The second kappa shape index (κ2) is 4.10. The number of aliphatic hydroxyl groups is 1. The van der Waals surface area contributed by atoms with Crippen LogP contribution in [0, 0.1) is 13.8 Å². The van der Waals surface area contributed by atoms with Gasteiger partial charge in [0.15, 0.2) is 0 Å². The Labute approximate surface area is 96.9 Å². The van der Waals surface area contributed by atoms with Crippen LogP contribution >= 0.6 is 0 Å². The molecule has 0 atom stereocenters. The van der Waals surface area contributed by atoms with Crippen molar-refractivity contribution in [2.24, 2.45) is 0 Å². The first-order valence-electron chi connectivity index (χ1n) is 6.07. The standard InChI is InChI=1S/C14H20O2/c1-10-6-7-12(15)11(2)13(10)14(16)8-4-3-5-9-14/h6-7,15-16H,3-5,8-9H2,1-2H3. The van der Waals surface area contributed by atoms with Gasteiger partial charge >= 0.3 is 0 Å². The Hall–Kier alpha value is -1.02. The van der Waals surface area contributed by atoms with Crippen LogP contribution in [-0.4, -0.2) is 10.2 Å². The van der Waals surface area contributed by atoms with Crippen LogP contribution < -0.4 is 0 Å². The van der Waals surface area contributed by atoms with Crippen molar-refractivity contribution in [2.75, 3.05) is 0 Å². The summed E-state index contributed by atoms with van der Waals surface area (Å²) in [7, 11) is 0. The maximum atomic E-state index is 10.7. The molecule has 1 aliphatic rings. The summed E-state index contributed by atoms with van der Waals surface area (Å²) in [6.07, 6.45) is 4.99. The average Bonchev–Trinajstić information content (AvgIpc) is 2.25. The van der Waals surface area contributed by atoms with E-state index in [1.54, 1.807) is 6.07 Å². The van der Waals surface area contributed by atoms with Gasteiger partial charge in [0.05, 0.1) is 5.60 Å². The topological polar surface area (TPSA) is 40.5 Å². The van der Waals surface area contributed by atoms with Crippen molar-refractivity contribution in [3.05, 3.63) is 28.8 Å². The highest BCUT2D eigenvalue weighted by atomic mass is 16.3. The second-order valence-corrected chi connectivity index (χ2v) is 4.99. The molecule has 1 aliphatic carbocycles. The Morgan fingerprint density at radius 1 is 1.06 bits per heavy atom. The number of aromatic hydroxyl groups is 1. The average molecular weight is 220 g/mol. The van der Waals surface area contributed by atoms with Crippen LogP contribution in [-0.2, 0) is 5.60 Å². The van der Waals surface area contributed by atoms with Gasteiger partial charge in [-0.15, -0.1) is 0 Å². The maximum Gasteiger partial charge on any atom is 0.118 e. The number of aryl methyl sites for hydroxylation is 1. The molecule has 16 heavy (non-hydrogen) atoms. The van der Waals surface area contributed by atoms with Crippen LogP contribution in [0.1, 0.15) is 48.8 Å². The smallest absolute Gasteiger partial charge is 0.118 e. The van der Waals surface area contributed by atoms with E-state index in [4.69, 9.17) is 0 Å². The number of rotatable bonds is 1. The van der Waals surface area contributed by atoms with Crippen LogP contribution in [0.5, 0.6) is 5.75 Å². The molecule has 1 saturated carbocycles. The zero-order valence-corrected chi connectivity index (χ0v) is 10.1. The van der Waals surface area contributed by atoms with Gasteiger partial charge in [0.2, 0.25) is 0 Å². The Bertz CT molecular complexity index is 390. The molecule has 0 aliphatic heterocycles. The summed E-state index contributed by atoms with van der Waals surface area (Å²) < 4.78 is 0. The van der Waals surface area contributed by atoms with Gasteiger partial charge in [-0.05, 0) is 49.4 Å². The lowest BCUT2D eigenvalue weighted by molar-refractivity contribution is -0.00193. The highest BCUT2D eigenvalue weighted by Crippen LogP contribution is 2.41. The molecule has 0 radical (unpaired) electrons. The van der Waals surface area contributed by atoms with Crippen molar-refractivity contribution < 1.29 is 10.2 Å². The molecular weight excluding hydrogens is 200 g/mol. The minimum atomic E-state index is -0.717. The molecule has 0 aromatic heterocycles. The van der Waals surface area contributed by atoms with Gasteiger partial charge in [0, 0.05) is 0 Å². The first kappa shape index (κ1) is 11.5. The zero-order valence-electron chi connectivity index (χ0n) is 10.1. The van der Waals surface area contributed by atoms with Crippen molar-refractivity contribution >= 4 is 0 Å². The Morgan fingerprint density at radius 3 is 2.31 bits per heavy atom. The molecule has 1 fully saturated rings. The van der Waals surface area contributed by atoms with E-state index < -0.39 is 5.60 Å². The van der Waals surface area contributed by atoms with Gasteiger partial charge in [-0.3, -0.25) is 0 Å². The highest BCUT2D eigenvalue weighted by molar-refractivity contribution is 5.46. The first-order valence-corrected chi connectivity index (χ1v) is 6.07. The van der Waals surface area contributed by atoms with Crippen LogP contribution in [0.3, 0.4) is 0 Å². The van der Waals surface area contributed by atoms with E-state index >= 15 is 0 Å². The van der Waals surface area contributed by atoms with E-state index in [9.17, 15) is 10.2 Å². The van der Waals surface area contributed by atoms with Crippen LogP contribution in [0.25, 0.3) is 0 Å². The molecule has 0 bridgehead atoms. The summed E-state index contributed by atoms with van der Waals surface area (Å²) in [5, 5.41) is 20.5. The summed E-state index contributed by atoms with van der Waals surface area (Å²) in [4.78, 5) is 0. The molecular formula is C14H20O2. The third-order valence-corrected chi connectivity index (χ3v) is 3.79. The van der Waals surface area contributed by atoms with E-state index in [0.29, 0.717) is 5.75 Å². The van der Waals surface area contributed by atoms with E-state index in [2.05, 4.69) is 0 Å². The normalized spacial score (nSPS) is 19.7. The lowest BCUT2D eigenvalue weighted by atomic mass is 9.76. The molecule has 1 aromatic carbocycles. The monoisotopic (exact) mass is 220 g/mol. The third-order valence-electron chi connectivity index (χ3n) is 3.79. The predicted octanol–water partition coefficient (Wildman–Crippen LogP) is 3.16. The lowest BCUT2D eigenvalue weighted by Gasteiger charge is -2.35. The summed E-state index contributed by atoms with van der Waals surface area (Å²) in [6.45, 7) is 3.90. The minimum Gasteiger partial charge on any atom is -0.508 e. The first-order chi connectivity index (χ1) is 7.54. The van der Waals surface area contributed by atoms with Gasteiger partial charge < -0.3 is 10.2 Å². The summed E-state index contributed by atoms with van der Waals surface area (Å²) >= 11 is 0. The van der Waals surface area contributed by atoms with E-state index in [1.165, 1.54) is 6.42 Å². The number of phenols is 1. The van der Waals surface area contributed by atoms with Crippen LogP contribution in [0.15, 0.2) is 12.1 Å². The summed E-state index contributed by atoms with van der Waals surface area (Å²) in [5.41, 5.74) is 2.15. The molecule has 0 heterocycles. The number of phenolic OH excluding ortho intramolecular Hbond substituents is 1. The second-order valence-electron chi connectivity index (χ2n) is 4.99.